The molecule has 0 aliphatic rings. The second-order valence-corrected chi connectivity index (χ2v) is 6.27. The number of H-pyrrole nitrogens is 1. The molecule has 1 N–H and O–H groups in total. The van der Waals surface area contributed by atoms with Crippen LogP contribution >= 0.6 is 47.2 Å². The number of nitrogens with zero attached hydrogens (tertiary/aromatic N) is 1. The van der Waals surface area contributed by atoms with Gasteiger partial charge in [0, 0.05) is 4.90 Å². The topological polar surface area (TPSA) is 20.7 Å². The maximum Gasteiger partial charge on any atom is 0.182 e. The second-order valence-electron chi connectivity index (χ2n) is 4.22. The van der Waals surface area contributed by atoms with E-state index in [1.807, 2.05) is 35.1 Å². The van der Waals surface area contributed by atoms with Crippen LogP contribution in [0.5, 0.6) is 0 Å². The second kappa shape index (κ2) is 5.45. The summed E-state index contributed by atoms with van der Waals surface area (Å²) in [5.74, 6) is 0. The van der Waals surface area contributed by atoms with Crippen LogP contribution in [0.2, 0.25) is 10.0 Å². The summed E-state index contributed by atoms with van der Waals surface area (Å²) in [6, 6.07) is 11.7. The van der Waals surface area contributed by atoms with E-state index in [4.69, 9.17) is 35.4 Å². The van der Waals surface area contributed by atoms with Crippen LogP contribution in [0.15, 0.2) is 41.3 Å². The Labute approximate surface area is 135 Å². The Hall–Kier alpha value is -0.940. The summed E-state index contributed by atoms with van der Waals surface area (Å²) in [7, 11) is 0. The van der Waals surface area contributed by atoms with E-state index >= 15 is 0 Å². The number of rotatable bonds is 2. The lowest BCUT2D eigenvalue weighted by Crippen LogP contribution is -1.96. The number of benzene rings is 2. The van der Waals surface area contributed by atoms with Gasteiger partial charge in [-0.05, 0) is 42.7 Å². The largest absolute Gasteiger partial charge is 0.330 e. The zero-order chi connectivity index (χ0) is 14.3. The molecule has 0 fully saturated rings. The van der Waals surface area contributed by atoms with Gasteiger partial charge in [-0.2, -0.15) is 0 Å². The normalized spacial score (nSPS) is 11.2. The van der Waals surface area contributed by atoms with Gasteiger partial charge in [-0.25, -0.2) is 0 Å². The monoisotopic (exact) mass is 340 g/mol. The number of thioether (sulfide) groups is 1. The third-order valence-corrected chi connectivity index (χ3v) is 4.84. The molecule has 0 saturated carbocycles. The van der Waals surface area contributed by atoms with E-state index in [1.165, 1.54) is 0 Å². The van der Waals surface area contributed by atoms with Crippen molar-refractivity contribution in [1.82, 2.24) is 9.55 Å². The summed E-state index contributed by atoms with van der Waals surface area (Å²) in [5.41, 5.74) is 2.83. The Bertz CT molecular complexity index is 852. The van der Waals surface area contributed by atoms with Crippen LogP contribution in [0.3, 0.4) is 0 Å². The number of imidazole rings is 1. The van der Waals surface area contributed by atoms with Crippen LogP contribution in [0.4, 0.5) is 0 Å². The molecule has 0 saturated heterocycles. The first-order valence-corrected chi connectivity index (χ1v) is 8.24. The standard InChI is InChI=1S/C14H10Cl2N2S2/c1-20-13-5-3-2-4-11(13)18-12-7-9(16)8(15)6-10(12)17-14(18)19/h2-7H,1H3,(H,17,19). The van der Waals surface area contributed by atoms with Gasteiger partial charge in [0.25, 0.3) is 0 Å². The van der Waals surface area contributed by atoms with Crippen LogP contribution in [0.1, 0.15) is 0 Å². The quantitative estimate of drug-likeness (QED) is 0.475. The molecule has 0 radical (unpaired) electrons. The Kier molecular flexibility index (Phi) is 3.82. The van der Waals surface area contributed by atoms with E-state index in [-0.39, 0.29) is 0 Å². The summed E-state index contributed by atoms with van der Waals surface area (Å²) in [4.78, 5) is 4.32. The van der Waals surface area contributed by atoms with Crippen LogP contribution in [-0.4, -0.2) is 15.8 Å². The van der Waals surface area contributed by atoms with Crippen molar-refractivity contribution < 1.29 is 0 Å². The lowest BCUT2D eigenvalue weighted by molar-refractivity contribution is 1.03. The van der Waals surface area contributed by atoms with Gasteiger partial charge in [-0.15, -0.1) is 11.8 Å². The van der Waals surface area contributed by atoms with Crippen molar-refractivity contribution in [2.24, 2.45) is 0 Å². The molecule has 1 heterocycles. The fraction of sp³-hybridized carbons (Fsp3) is 0.0714. The first-order valence-electron chi connectivity index (χ1n) is 5.85. The van der Waals surface area contributed by atoms with Gasteiger partial charge < -0.3 is 4.98 Å². The maximum absolute atomic E-state index is 6.13. The highest BCUT2D eigenvalue weighted by molar-refractivity contribution is 7.98. The highest BCUT2D eigenvalue weighted by atomic mass is 35.5. The average Bonchev–Trinajstić information content (AvgIpc) is 2.74. The Morgan fingerprint density at radius 1 is 1.15 bits per heavy atom. The number of aromatic nitrogens is 2. The number of nitrogens with one attached hydrogen (secondary N) is 1. The average molecular weight is 341 g/mol. The molecule has 0 atom stereocenters. The smallest absolute Gasteiger partial charge is 0.182 e. The van der Waals surface area contributed by atoms with Crippen molar-refractivity contribution in [2.45, 2.75) is 4.90 Å². The Morgan fingerprint density at radius 2 is 1.85 bits per heavy atom. The third kappa shape index (κ3) is 2.27. The highest BCUT2D eigenvalue weighted by Gasteiger charge is 2.12. The lowest BCUT2D eigenvalue weighted by Gasteiger charge is -2.09. The van der Waals surface area contributed by atoms with Crippen molar-refractivity contribution in [3.05, 3.63) is 51.2 Å². The van der Waals surface area contributed by atoms with Crippen molar-refractivity contribution in [3.63, 3.8) is 0 Å². The molecule has 0 unspecified atom stereocenters. The van der Waals surface area contributed by atoms with Crippen LogP contribution in [-0.2, 0) is 0 Å². The predicted octanol–water partition coefficient (Wildman–Crippen LogP) is 5.72. The molecule has 6 heteroatoms. The molecule has 0 amide bonds. The molecule has 20 heavy (non-hydrogen) atoms. The van der Waals surface area contributed by atoms with Gasteiger partial charge >= 0.3 is 0 Å². The molecular weight excluding hydrogens is 331 g/mol. The number of fused-ring (bicyclic) bond motifs is 1. The minimum absolute atomic E-state index is 0.515. The molecule has 1 aromatic heterocycles. The molecule has 0 bridgehead atoms. The Balaban J connectivity index is 2.39. The number of para-hydroxylation sites is 1. The van der Waals surface area contributed by atoms with Gasteiger partial charge in [0.05, 0.1) is 26.8 Å². The lowest BCUT2D eigenvalue weighted by atomic mass is 10.3. The molecule has 3 rings (SSSR count). The van der Waals surface area contributed by atoms with Crippen molar-refractivity contribution in [1.29, 1.82) is 0 Å². The molecule has 2 nitrogen and oxygen atoms in total. The maximum atomic E-state index is 6.13. The first kappa shape index (κ1) is 14.0. The molecule has 3 aromatic rings. The van der Waals surface area contributed by atoms with Gasteiger partial charge in [0.2, 0.25) is 0 Å². The number of halogens is 2. The first-order chi connectivity index (χ1) is 9.61. The summed E-state index contributed by atoms with van der Waals surface area (Å²) in [6.07, 6.45) is 2.04. The molecule has 0 aliphatic heterocycles. The molecule has 0 spiro atoms. The van der Waals surface area contributed by atoms with Crippen molar-refractivity contribution >= 4 is 58.2 Å². The van der Waals surface area contributed by atoms with Crippen molar-refractivity contribution in [3.8, 4) is 5.69 Å². The molecular formula is C14H10Cl2N2S2. The van der Waals surface area contributed by atoms with E-state index < -0.39 is 0 Å². The van der Waals surface area contributed by atoms with E-state index in [9.17, 15) is 0 Å². The zero-order valence-electron chi connectivity index (χ0n) is 10.5. The Morgan fingerprint density at radius 3 is 2.60 bits per heavy atom. The fourth-order valence-electron chi connectivity index (χ4n) is 2.16. The van der Waals surface area contributed by atoms with E-state index in [1.54, 1.807) is 17.8 Å². The number of aromatic amines is 1. The van der Waals surface area contributed by atoms with Gasteiger partial charge in [-0.3, -0.25) is 4.57 Å². The minimum atomic E-state index is 0.515. The SMILES string of the molecule is CSc1ccccc1-n1c(=S)[nH]c2cc(Cl)c(Cl)cc21. The van der Waals surface area contributed by atoms with Crippen LogP contribution in [0.25, 0.3) is 16.7 Å². The molecule has 2 aromatic carbocycles. The van der Waals surface area contributed by atoms with Gasteiger partial charge in [-0.1, -0.05) is 35.3 Å². The number of hydrogen-bond acceptors (Lipinski definition) is 2. The summed E-state index contributed by atoms with van der Waals surface area (Å²) >= 11 is 19.3. The zero-order valence-corrected chi connectivity index (χ0v) is 13.6. The van der Waals surface area contributed by atoms with Crippen molar-refractivity contribution in [2.75, 3.05) is 6.26 Å². The predicted molar refractivity (Wildman–Crippen MR) is 90.3 cm³/mol. The van der Waals surface area contributed by atoms with E-state index in [0.29, 0.717) is 14.8 Å². The summed E-state index contributed by atoms with van der Waals surface area (Å²) in [6.45, 7) is 0. The van der Waals surface area contributed by atoms with Crippen LogP contribution in [0, 0.1) is 4.77 Å². The summed E-state index contributed by atoms with van der Waals surface area (Å²) in [5, 5.41) is 1.03. The van der Waals surface area contributed by atoms with Gasteiger partial charge in [0.1, 0.15) is 0 Å². The van der Waals surface area contributed by atoms with Crippen LogP contribution < -0.4 is 0 Å². The summed E-state index contributed by atoms with van der Waals surface area (Å²) < 4.78 is 2.61. The highest BCUT2D eigenvalue weighted by Crippen LogP contribution is 2.31. The number of hydrogen-bond donors (Lipinski definition) is 1. The van der Waals surface area contributed by atoms with E-state index in [2.05, 4.69) is 11.1 Å². The minimum Gasteiger partial charge on any atom is -0.330 e. The molecule has 0 aliphatic carbocycles. The van der Waals surface area contributed by atoms with Gasteiger partial charge in [0.15, 0.2) is 4.77 Å². The van der Waals surface area contributed by atoms with E-state index in [0.717, 1.165) is 21.6 Å². The molecule has 102 valence electrons. The fourth-order valence-corrected chi connectivity index (χ4v) is 3.37. The third-order valence-electron chi connectivity index (χ3n) is 3.05.